The van der Waals surface area contributed by atoms with Crippen molar-refractivity contribution in [3.05, 3.63) is 76.0 Å². The average molecular weight is 394 g/mol. The molecule has 0 unspecified atom stereocenters. The predicted molar refractivity (Wildman–Crippen MR) is 112 cm³/mol. The molecule has 3 aromatic rings. The summed E-state index contributed by atoms with van der Waals surface area (Å²) in [4.78, 5) is 12.8. The largest absolute Gasteiger partial charge is 0.310 e. The Kier molecular flexibility index (Phi) is 4.89. The molecule has 0 saturated heterocycles. The lowest BCUT2D eigenvalue weighted by molar-refractivity contribution is -0.115. The van der Waals surface area contributed by atoms with E-state index >= 15 is 0 Å². The Bertz CT molecular complexity index is 1100. The van der Waals surface area contributed by atoms with Gasteiger partial charge in [0, 0.05) is 16.4 Å². The Morgan fingerprint density at radius 1 is 1.14 bits per heavy atom. The third-order valence-electron chi connectivity index (χ3n) is 5.18. The lowest BCUT2D eigenvalue weighted by atomic mass is 10.1. The summed E-state index contributed by atoms with van der Waals surface area (Å²) in [6, 6.07) is 14.0. The van der Waals surface area contributed by atoms with Gasteiger partial charge in [0.05, 0.1) is 29.3 Å². The molecule has 0 aliphatic carbocycles. The van der Waals surface area contributed by atoms with Crippen molar-refractivity contribution in [1.29, 1.82) is 0 Å². The lowest BCUT2D eigenvalue weighted by Gasteiger charge is -2.14. The molecule has 28 heavy (non-hydrogen) atoms. The number of rotatable bonds is 4. The first-order valence-corrected chi connectivity index (χ1v) is 10.8. The highest BCUT2D eigenvalue weighted by atomic mass is 32.2. The summed E-state index contributed by atoms with van der Waals surface area (Å²) >= 11 is 0. The van der Waals surface area contributed by atoms with E-state index in [1.165, 1.54) is 0 Å². The summed E-state index contributed by atoms with van der Waals surface area (Å²) in [6.45, 7) is 6.12. The Morgan fingerprint density at radius 2 is 1.93 bits per heavy atom. The van der Waals surface area contributed by atoms with Crippen LogP contribution in [0.3, 0.4) is 0 Å². The van der Waals surface area contributed by atoms with Gasteiger partial charge in [-0.3, -0.25) is 9.00 Å². The van der Waals surface area contributed by atoms with Crippen LogP contribution < -0.4 is 5.32 Å². The van der Waals surface area contributed by atoms with E-state index in [1.807, 2.05) is 50.2 Å². The number of fused-ring (bicyclic) bond motifs is 1. The van der Waals surface area contributed by atoms with Gasteiger partial charge in [-0.15, -0.1) is 0 Å². The van der Waals surface area contributed by atoms with Crippen LogP contribution in [-0.4, -0.2) is 19.9 Å². The lowest BCUT2D eigenvalue weighted by Crippen LogP contribution is -2.18. The van der Waals surface area contributed by atoms with Gasteiger partial charge in [0.2, 0.25) is 5.91 Å². The van der Waals surface area contributed by atoms with E-state index in [2.05, 4.69) is 18.3 Å². The van der Waals surface area contributed by atoms with Crippen LogP contribution in [-0.2, 0) is 33.5 Å². The van der Waals surface area contributed by atoms with Crippen LogP contribution >= 0.6 is 0 Å². The molecule has 6 heteroatoms. The minimum atomic E-state index is -0.956. The Hall–Kier alpha value is -2.73. The average Bonchev–Trinajstić information content (AvgIpc) is 3.14. The summed E-state index contributed by atoms with van der Waals surface area (Å²) in [5.41, 5.74) is 7.00. The van der Waals surface area contributed by atoms with Crippen molar-refractivity contribution in [3.8, 4) is 5.69 Å². The first-order valence-electron chi connectivity index (χ1n) is 9.30. The smallest absolute Gasteiger partial charge is 0.229 e. The van der Waals surface area contributed by atoms with E-state index < -0.39 is 10.8 Å². The molecule has 0 radical (unpaired) electrons. The topological polar surface area (TPSA) is 64.0 Å². The molecule has 1 aromatic heterocycles. The third-order valence-corrected chi connectivity index (χ3v) is 6.39. The van der Waals surface area contributed by atoms with Crippen LogP contribution in [0.2, 0.25) is 0 Å². The van der Waals surface area contributed by atoms with E-state index in [0.717, 1.165) is 39.2 Å². The molecule has 1 atom stereocenters. The number of nitrogens with zero attached hydrogens (tertiary/aromatic N) is 2. The SMILES string of the molecule is Cc1cccc(CC(=O)Nc2c3c(nn2-c2cccc(C)c2C)C[S@](=O)C3)c1. The van der Waals surface area contributed by atoms with E-state index in [9.17, 15) is 9.00 Å². The normalized spacial score (nSPS) is 15.5. The number of nitrogens with one attached hydrogen (secondary N) is 1. The summed E-state index contributed by atoms with van der Waals surface area (Å²) in [6.07, 6.45) is 0.289. The molecule has 4 rings (SSSR count). The molecule has 0 spiro atoms. The maximum absolute atomic E-state index is 12.8. The molecular weight excluding hydrogens is 370 g/mol. The summed E-state index contributed by atoms with van der Waals surface area (Å²) in [5.74, 6) is 1.42. The summed E-state index contributed by atoms with van der Waals surface area (Å²) < 4.78 is 13.8. The van der Waals surface area contributed by atoms with Crippen molar-refractivity contribution in [2.24, 2.45) is 0 Å². The van der Waals surface area contributed by atoms with E-state index in [0.29, 0.717) is 17.3 Å². The van der Waals surface area contributed by atoms with Gasteiger partial charge < -0.3 is 5.32 Å². The van der Waals surface area contributed by atoms with Crippen molar-refractivity contribution in [1.82, 2.24) is 9.78 Å². The number of amides is 1. The number of hydrogen-bond donors (Lipinski definition) is 1. The fourth-order valence-electron chi connectivity index (χ4n) is 3.58. The molecule has 0 bridgehead atoms. The number of carbonyl (C=O) groups excluding carboxylic acids is 1. The monoisotopic (exact) mass is 393 g/mol. The number of aromatic nitrogens is 2. The number of anilines is 1. The highest BCUT2D eigenvalue weighted by molar-refractivity contribution is 7.83. The Morgan fingerprint density at radius 3 is 2.71 bits per heavy atom. The molecule has 5 nitrogen and oxygen atoms in total. The van der Waals surface area contributed by atoms with Crippen molar-refractivity contribution in [3.63, 3.8) is 0 Å². The molecule has 1 aliphatic rings. The third kappa shape index (κ3) is 3.52. The van der Waals surface area contributed by atoms with Gasteiger partial charge in [0.25, 0.3) is 0 Å². The van der Waals surface area contributed by atoms with Gasteiger partial charge in [-0.2, -0.15) is 5.10 Å². The minimum absolute atomic E-state index is 0.0995. The second-order valence-corrected chi connectivity index (χ2v) is 8.80. The van der Waals surface area contributed by atoms with E-state index in [4.69, 9.17) is 5.10 Å². The first-order chi connectivity index (χ1) is 13.4. The maximum Gasteiger partial charge on any atom is 0.229 e. The standard InChI is InChI=1S/C22H23N3O2S/c1-14-6-4-8-17(10-14)11-21(26)23-22-18-12-28(27)13-19(18)24-25(22)20-9-5-7-15(2)16(20)3/h4-10H,11-13H2,1-3H3,(H,23,26)/t28-/m1/s1. The molecular formula is C22H23N3O2S. The highest BCUT2D eigenvalue weighted by Gasteiger charge is 2.28. The zero-order valence-corrected chi connectivity index (χ0v) is 17.1. The van der Waals surface area contributed by atoms with Crippen molar-refractivity contribution in [2.45, 2.75) is 38.7 Å². The second kappa shape index (κ2) is 7.36. The fraction of sp³-hybridized carbons (Fsp3) is 0.273. The van der Waals surface area contributed by atoms with Gasteiger partial charge in [0.1, 0.15) is 5.82 Å². The first kappa shape index (κ1) is 18.6. The summed E-state index contributed by atoms with van der Waals surface area (Å²) in [7, 11) is -0.956. The van der Waals surface area contributed by atoms with Crippen LogP contribution in [0.25, 0.3) is 5.69 Å². The molecule has 0 saturated carbocycles. The van der Waals surface area contributed by atoms with Crippen molar-refractivity contribution >= 4 is 22.5 Å². The molecule has 0 fully saturated rings. The maximum atomic E-state index is 12.8. The van der Waals surface area contributed by atoms with Crippen LogP contribution in [0.15, 0.2) is 42.5 Å². The molecule has 2 aromatic carbocycles. The van der Waals surface area contributed by atoms with E-state index in [1.54, 1.807) is 4.68 Å². The van der Waals surface area contributed by atoms with Crippen LogP contribution in [0.1, 0.15) is 33.5 Å². The zero-order chi connectivity index (χ0) is 19.8. The summed E-state index contributed by atoms with van der Waals surface area (Å²) in [5, 5.41) is 7.75. The number of carbonyl (C=O) groups is 1. The molecule has 1 amide bonds. The fourth-order valence-corrected chi connectivity index (χ4v) is 4.84. The minimum Gasteiger partial charge on any atom is -0.310 e. The highest BCUT2D eigenvalue weighted by Crippen LogP contribution is 2.32. The second-order valence-electron chi connectivity index (χ2n) is 7.35. The quantitative estimate of drug-likeness (QED) is 0.734. The number of hydrogen-bond acceptors (Lipinski definition) is 3. The van der Waals surface area contributed by atoms with Gasteiger partial charge >= 0.3 is 0 Å². The van der Waals surface area contributed by atoms with Gasteiger partial charge in [-0.1, -0.05) is 42.0 Å². The number of aryl methyl sites for hydroxylation is 2. The molecule has 144 valence electrons. The molecule has 1 aliphatic heterocycles. The van der Waals surface area contributed by atoms with Gasteiger partial charge in [0.15, 0.2) is 0 Å². The van der Waals surface area contributed by atoms with Crippen LogP contribution in [0.4, 0.5) is 5.82 Å². The van der Waals surface area contributed by atoms with Crippen LogP contribution in [0.5, 0.6) is 0 Å². The van der Waals surface area contributed by atoms with Crippen LogP contribution in [0, 0.1) is 20.8 Å². The number of benzene rings is 2. The van der Waals surface area contributed by atoms with Crippen molar-refractivity contribution < 1.29 is 9.00 Å². The zero-order valence-electron chi connectivity index (χ0n) is 16.3. The Labute approximate surface area is 167 Å². The van der Waals surface area contributed by atoms with Crippen molar-refractivity contribution in [2.75, 3.05) is 5.32 Å². The van der Waals surface area contributed by atoms with E-state index in [-0.39, 0.29) is 12.3 Å². The molecule has 2 heterocycles. The Balaban J connectivity index is 1.70. The molecule has 1 N–H and O–H groups in total. The van der Waals surface area contributed by atoms with Gasteiger partial charge in [-0.25, -0.2) is 4.68 Å². The predicted octanol–water partition coefficient (Wildman–Crippen LogP) is 3.74. The van der Waals surface area contributed by atoms with Gasteiger partial charge in [-0.05, 0) is 43.5 Å².